The highest BCUT2D eigenvalue weighted by molar-refractivity contribution is 14.0. The van der Waals surface area contributed by atoms with Crippen molar-refractivity contribution < 1.29 is 18.6 Å². The van der Waals surface area contributed by atoms with E-state index in [0.29, 0.717) is 24.1 Å². The monoisotopic (exact) mass is 544 g/mol. The lowest BCUT2D eigenvalue weighted by atomic mass is 10.1. The lowest BCUT2D eigenvalue weighted by molar-refractivity contribution is 0.0888. The van der Waals surface area contributed by atoms with Crippen LogP contribution >= 0.6 is 24.0 Å². The van der Waals surface area contributed by atoms with Gasteiger partial charge in [-0.2, -0.15) is 0 Å². The van der Waals surface area contributed by atoms with E-state index in [1.165, 1.54) is 12.1 Å². The Morgan fingerprint density at radius 2 is 2.10 bits per heavy atom. The minimum Gasteiger partial charge on any atom is -0.439 e. The molecule has 0 amide bonds. The average Bonchev–Trinajstić information content (AvgIpc) is 3.28. The second-order valence-electron chi connectivity index (χ2n) is 7.07. The lowest BCUT2D eigenvalue weighted by Gasteiger charge is -2.13. The quantitative estimate of drug-likeness (QED) is 0.206. The third-order valence-electron chi connectivity index (χ3n) is 4.65. The molecule has 0 aliphatic carbocycles. The number of aromatic nitrogens is 1. The Balaban J connectivity index is 0.00000341. The summed E-state index contributed by atoms with van der Waals surface area (Å²) in [5.74, 6) is 1.95. The number of guanidine groups is 1. The van der Waals surface area contributed by atoms with Gasteiger partial charge in [-0.15, -0.1) is 24.0 Å². The summed E-state index contributed by atoms with van der Waals surface area (Å²) in [5, 5.41) is 6.55. The molecule has 1 aromatic heterocycles. The molecule has 9 heteroatoms. The van der Waals surface area contributed by atoms with E-state index >= 15 is 0 Å². The number of nitrogens with zero attached hydrogens (tertiary/aromatic N) is 2. The summed E-state index contributed by atoms with van der Waals surface area (Å²) in [6.45, 7) is 4.51. The van der Waals surface area contributed by atoms with Crippen molar-refractivity contribution in [3.63, 3.8) is 0 Å². The minimum absolute atomic E-state index is 0. The Labute approximate surface area is 199 Å². The van der Waals surface area contributed by atoms with Crippen molar-refractivity contribution in [1.82, 2.24) is 15.6 Å². The van der Waals surface area contributed by atoms with Crippen LogP contribution in [0.15, 0.2) is 47.6 Å². The maximum Gasteiger partial charge on any atom is 0.219 e. The molecule has 1 aromatic carbocycles. The highest BCUT2D eigenvalue weighted by atomic mass is 127. The van der Waals surface area contributed by atoms with Crippen LogP contribution in [0.3, 0.4) is 0 Å². The first-order valence-corrected chi connectivity index (χ1v) is 10.2. The van der Waals surface area contributed by atoms with Crippen LogP contribution in [0.1, 0.15) is 18.4 Å². The molecular formula is C22H30FIN4O3. The second kappa shape index (κ2) is 14.2. The van der Waals surface area contributed by atoms with E-state index in [4.69, 9.17) is 14.2 Å². The van der Waals surface area contributed by atoms with Gasteiger partial charge < -0.3 is 24.8 Å². The van der Waals surface area contributed by atoms with E-state index in [2.05, 4.69) is 20.6 Å². The van der Waals surface area contributed by atoms with E-state index in [1.807, 2.05) is 12.1 Å². The van der Waals surface area contributed by atoms with Crippen LogP contribution in [0.5, 0.6) is 11.6 Å². The van der Waals surface area contributed by atoms with Gasteiger partial charge in [0.05, 0.1) is 13.2 Å². The number of hydrogen-bond acceptors (Lipinski definition) is 5. The molecule has 0 bridgehead atoms. The minimum atomic E-state index is -0.304. The molecule has 1 aliphatic heterocycles. The Morgan fingerprint density at radius 1 is 1.26 bits per heavy atom. The van der Waals surface area contributed by atoms with E-state index in [9.17, 15) is 4.39 Å². The van der Waals surface area contributed by atoms with E-state index in [0.717, 1.165) is 57.3 Å². The molecule has 1 atom stereocenters. The smallest absolute Gasteiger partial charge is 0.219 e. The van der Waals surface area contributed by atoms with Gasteiger partial charge in [0, 0.05) is 51.5 Å². The lowest BCUT2D eigenvalue weighted by Crippen LogP contribution is -2.37. The van der Waals surface area contributed by atoms with Crippen molar-refractivity contribution in [2.75, 3.05) is 40.0 Å². The van der Waals surface area contributed by atoms with Crippen LogP contribution in [0.2, 0.25) is 0 Å². The molecule has 0 spiro atoms. The van der Waals surface area contributed by atoms with E-state index in [-0.39, 0.29) is 29.8 Å². The summed E-state index contributed by atoms with van der Waals surface area (Å²) in [4.78, 5) is 8.44. The van der Waals surface area contributed by atoms with Gasteiger partial charge in [0.1, 0.15) is 11.6 Å². The summed E-state index contributed by atoms with van der Waals surface area (Å²) < 4.78 is 29.7. The molecule has 7 nitrogen and oxygen atoms in total. The zero-order chi connectivity index (χ0) is 21.0. The van der Waals surface area contributed by atoms with Gasteiger partial charge in [-0.25, -0.2) is 9.37 Å². The number of pyridine rings is 1. The van der Waals surface area contributed by atoms with Crippen molar-refractivity contribution in [3.05, 3.63) is 54.0 Å². The van der Waals surface area contributed by atoms with Crippen LogP contribution in [0.25, 0.3) is 0 Å². The van der Waals surface area contributed by atoms with Crippen LogP contribution in [-0.4, -0.2) is 51.0 Å². The molecule has 3 rings (SSSR count). The highest BCUT2D eigenvalue weighted by Gasteiger charge is 2.15. The molecule has 0 saturated carbocycles. The van der Waals surface area contributed by atoms with Gasteiger partial charge in [-0.1, -0.05) is 0 Å². The molecule has 2 N–H and O–H groups in total. The number of aliphatic imine (C=N–C) groups is 1. The van der Waals surface area contributed by atoms with Crippen LogP contribution in [0, 0.1) is 11.7 Å². The average molecular weight is 544 g/mol. The molecule has 2 heterocycles. The fourth-order valence-corrected chi connectivity index (χ4v) is 2.99. The van der Waals surface area contributed by atoms with Crippen molar-refractivity contribution >= 4 is 29.9 Å². The van der Waals surface area contributed by atoms with Gasteiger partial charge >= 0.3 is 0 Å². The predicted octanol–water partition coefficient (Wildman–Crippen LogP) is 3.74. The Bertz CT molecular complexity index is 802. The zero-order valence-electron chi connectivity index (χ0n) is 17.7. The Kier molecular flexibility index (Phi) is 11.5. The number of nitrogens with one attached hydrogen (secondary N) is 2. The fraction of sp³-hybridized carbons (Fsp3) is 0.455. The van der Waals surface area contributed by atoms with Gasteiger partial charge in [0.25, 0.3) is 0 Å². The zero-order valence-corrected chi connectivity index (χ0v) is 20.0. The van der Waals surface area contributed by atoms with Crippen LogP contribution in [-0.2, 0) is 16.0 Å². The first-order valence-electron chi connectivity index (χ1n) is 10.2. The number of ether oxygens (including phenoxy) is 3. The van der Waals surface area contributed by atoms with Crippen molar-refractivity contribution in [2.24, 2.45) is 10.9 Å². The molecule has 2 aromatic rings. The third-order valence-corrected chi connectivity index (χ3v) is 4.65. The molecule has 31 heavy (non-hydrogen) atoms. The van der Waals surface area contributed by atoms with Gasteiger partial charge in [-0.05, 0) is 48.7 Å². The van der Waals surface area contributed by atoms with Crippen LogP contribution in [0.4, 0.5) is 4.39 Å². The highest BCUT2D eigenvalue weighted by Crippen LogP contribution is 2.20. The summed E-state index contributed by atoms with van der Waals surface area (Å²) in [7, 11) is 1.74. The van der Waals surface area contributed by atoms with Gasteiger partial charge in [-0.3, -0.25) is 4.99 Å². The summed E-state index contributed by atoms with van der Waals surface area (Å²) >= 11 is 0. The number of rotatable bonds is 10. The van der Waals surface area contributed by atoms with Crippen LogP contribution < -0.4 is 15.4 Å². The SMILES string of the molecule is CN=C(NCCCOCC1CCOC1)NCc1ccnc(Oc2ccc(F)cc2)c1.I. The maximum absolute atomic E-state index is 13.0. The molecule has 1 saturated heterocycles. The first-order chi connectivity index (χ1) is 14.7. The number of hydrogen-bond donors (Lipinski definition) is 2. The summed E-state index contributed by atoms with van der Waals surface area (Å²) in [6, 6.07) is 9.58. The first kappa shape index (κ1) is 25.3. The standard InChI is InChI=1S/C22H29FN4O3.HI/c1-24-22(26-9-2-11-28-15-18-8-12-29-16-18)27-14-17-7-10-25-21(13-17)30-20-5-3-19(23)4-6-20;/h3-7,10,13,18H,2,8-9,11-12,14-16H2,1H3,(H2,24,26,27);1H. The van der Waals surface area contributed by atoms with Gasteiger partial charge in [0.2, 0.25) is 5.88 Å². The number of benzene rings is 1. The fourth-order valence-electron chi connectivity index (χ4n) is 2.99. The molecule has 170 valence electrons. The van der Waals surface area contributed by atoms with Crippen molar-refractivity contribution in [2.45, 2.75) is 19.4 Å². The predicted molar refractivity (Wildman–Crippen MR) is 129 cm³/mol. The van der Waals surface area contributed by atoms with Gasteiger partial charge in [0.15, 0.2) is 5.96 Å². The Morgan fingerprint density at radius 3 is 2.84 bits per heavy atom. The number of halogens is 2. The summed E-state index contributed by atoms with van der Waals surface area (Å²) in [6.07, 6.45) is 3.68. The second-order valence-corrected chi connectivity index (χ2v) is 7.07. The maximum atomic E-state index is 13.0. The molecule has 1 aliphatic rings. The molecule has 1 unspecified atom stereocenters. The van der Waals surface area contributed by atoms with E-state index < -0.39 is 0 Å². The molecular weight excluding hydrogens is 514 g/mol. The van der Waals surface area contributed by atoms with Crippen molar-refractivity contribution in [1.29, 1.82) is 0 Å². The molecule has 1 fully saturated rings. The largest absolute Gasteiger partial charge is 0.439 e. The van der Waals surface area contributed by atoms with E-state index in [1.54, 1.807) is 25.4 Å². The third kappa shape index (κ3) is 9.36. The topological polar surface area (TPSA) is 77.0 Å². The molecule has 0 radical (unpaired) electrons. The summed E-state index contributed by atoms with van der Waals surface area (Å²) in [5.41, 5.74) is 0.993. The Hall–Kier alpha value is -1.98. The van der Waals surface area contributed by atoms with Crippen molar-refractivity contribution in [3.8, 4) is 11.6 Å². The normalized spacial score (nSPS) is 15.9.